The molecule has 4 nitrogen and oxygen atoms in total. The molecule has 1 atom stereocenters. The van der Waals surface area contributed by atoms with Crippen LogP contribution in [0.3, 0.4) is 0 Å². The van der Waals surface area contributed by atoms with Crippen molar-refractivity contribution in [3.05, 3.63) is 53.6 Å². The fourth-order valence-corrected chi connectivity index (χ4v) is 1.38. The minimum Gasteiger partial charge on any atom is -0.382 e. The van der Waals surface area contributed by atoms with Crippen LogP contribution in [0, 0.1) is 12.7 Å². The molecule has 2 aromatic heterocycles. The maximum absolute atomic E-state index is 12.9. The Balaban J connectivity index is 2.35. The number of aliphatic hydroxyl groups excluding tert-OH is 1. The smallest absolute Gasteiger partial charge is 0.141 e. The van der Waals surface area contributed by atoms with Gasteiger partial charge in [0, 0.05) is 18.0 Å². The van der Waals surface area contributed by atoms with Crippen molar-refractivity contribution in [1.82, 2.24) is 15.0 Å². The SMILES string of the molecule is Cc1nccc(C(O)c2cncc(F)c2)n1. The summed E-state index contributed by atoms with van der Waals surface area (Å²) >= 11 is 0. The van der Waals surface area contributed by atoms with Crippen molar-refractivity contribution in [3.63, 3.8) is 0 Å². The number of aryl methyl sites for hydroxylation is 1. The van der Waals surface area contributed by atoms with Gasteiger partial charge in [0.15, 0.2) is 0 Å². The largest absolute Gasteiger partial charge is 0.382 e. The molecule has 2 rings (SSSR count). The molecule has 2 aromatic rings. The number of aliphatic hydroxyl groups is 1. The lowest BCUT2D eigenvalue weighted by Gasteiger charge is -2.09. The molecular weight excluding hydrogens is 209 g/mol. The third-order valence-electron chi connectivity index (χ3n) is 2.12. The first-order valence-electron chi connectivity index (χ1n) is 4.75. The maximum Gasteiger partial charge on any atom is 0.141 e. The zero-order valence-electron chi connectivity index (χ0n) is 8.63. The number of rotatable bonds is 2. The summed E-state index contributed by atoms with van der Waals surface area (Å²) in [6.07, 6.45) is 3.06. The summed E-state index contributed by atoms with van der Waals surface area (Å²) in [6, 6.07) is 2.82. The molecule has 16 heavy (non-hydrogen) atoms. The van der Waals surface area contributed by atoms with Crippen LogP contribution in [0.25, 0.3) is 0 Å². The van der Waals surface area contributed by atoms with Gasteiger partial charge in [-0.3, -0.25) is 4.98 Å². The zero-order chi connectivity index (χ0) is 11.5. The normalized spacial score (nSPS) is 12.4. The number of hydrogen-bond donors (Lipinski definition) is 1. The summed E-state index contributed by atoms with van der Waals surface area (Å²) in [4.78, 5) is 11.7. The summed E-state index contributed by atoms with van der Waals surface area (Å²) in [7, 11) is 0. The highest BCUT2D eigenvalue weighted by molar-refractivity contribution is 5.22. The maximum atomic E-state index is 12.9. The number of hydrogen-bond acceptors (Lipinski definition) is 4. The molecule has 82 valence electrons. The Morgan fingerprint density at radius 1 is 1.38 bits per heavy atom. The molecule has 0 aromatic carbocycles. The lowest BCUT2D eigenvalue weighted by Crippen LogP contribution is -2.04. The van der Waals surface area contributed by atoms with Gasteiger partial charge in [-0.25, -0.2) is 14.4 Å². The number of aromatic nitrogens is 3. The van der Waals surface area contributed by atoms with Gasteiger partial charge in [-0.05, 0) is 19.1 Å². The van der Waals surface area contributed by atoms with E-state index < -0.39 is 11.9 Å². The van der Waals surface area contributed by atoms with Crippen LogP contribution in [0.2, 0.25) is 0 Å². The lowest BCUT2D eigenvalue weighted by atomic mass is 10.1. The molecule has 0 aliphatic rings. The molecule has 2 heterocycles. The van der Waals surface area contributed by atoms with Crippen molar-refractivity contribution in [3.8, 4) is 0 Å². The van der Waals surface area contributed by atoms with E-state index in [4.69, 9.17) is 0 Å². The van der Waals surface area contributed by atoms with Gasteiger partial charge in [0.1, 0.15) is 17.7 Å². The standard InChI is InChI=1S/C11H10FN3O/c1-7-14-3-2-10(15-7)11(16)8-4-9(12)6-13-5-8/h2-6,11,16H,1H3. The molecule has 0 aliphatic carbocycles. The second kappa shape index (κ2) is 4.32. The number of nitrogens with zero attached hydrogens (tertiary/aromatic N) is 3. The van der Waals surface area contributed by atoms with E-state index in [0.29, 0.717) is 17.1 Å². The quantitative estimate of drug-likeness (QED) is 0.829. The lowest BCUT2D eigenvalue weighted by molar-refractivity contribution is 0.214. The third-order valence-corrected chi connectivity index (χ3v) is 2.12. The van der Waals surface area contributed by atoms with E-state index in [1.807, 2.05) is 0 Å². The molecule has 0 radical (unpaired) electrons. The van der Waals surface area contributed by atoms with E-state index >= 15 is 0 Å². The average molecular weight is 219 g/mol. The van der Waals surface area contributed by atoms with Gasteiger partial charge in [0.25, 0.3) is 0 Å². The minimum atomic E-state index is -0.982. The molecule has 0 amide bonds. The molecule has 0 spiro atoms. The first-order valence-corrected chi connectivity index (χ1v) is 4.75. The Labute approximate surface area is 91.8 Å². The van der Waals surface area contributed by atoms with Crippen LogP contribution in [0.1, 0.15) is 23.2 Å². The van der Waals surface area contributed by atoms with Crippen LogP contribution in [-0.2, 0) is 0 Å². The van der Waals surface area contributed by atoms with E-state index in [-0.39, 0.29) is 0 Å². The van der Waals surface area contributed by atoms with Gasteiger partial charge in [0.05, 0.1) is 11.9 Å². The highest BCUT2D eigenvalue weighted by atomic mass is 19.1. The van der Waals surface area contributed by atoms with Gasteiger partial charge >= 0.3 is 0 Å². The second-order valence-electron chi connectivity index (χ2n) is 3.37. The summed E-state index contributed by atoms with van der Waals surface area (Å²) in [5.74, 6) is 0.0724. The van der Waals surface area contributed by atoms with Crippen LogP contribution < -0.4 is 0 Å². The van der Waals surface area contributed by atoms with Crippen LogP contribution in [-0.4, -0.2) is 20.1 Å². The molecule has 0 fully saturated rings. The molecular formula is C11H10FN3O. The molecule has 5 heteroatoms. The van der Waals surface area contributed by atoms with Gasteiger partial charge in [0.2, 0.25) is 0 Å². The van der Waals surface area contributed by atoms with E-state index in [2.05, 4.69) is 15.0 Å². The van der Waals surface area contributed by atoms with Crippen LogP contribution in [0.15, 0.2) is 30.7 Å². The predicted octanol–water partition coefficient (Wildman–Crippen LogP) is 1.40. The molecule has 0 bridgehead atoms. The molecule has 0 saturated carbocycles. The van der Waals surface area contributed by atoms with Crippen molar-refractivity contribution in [1.29, 1.82) is 0 Å². The summed E-state index contributed by atoms with van der Waals surface area (Å²) < 4.78 is 12.9. The first-order chi connectivity index (χ1) is 7.66. The summed E-state index contributed by atoms with van der Waals surface area (Å²) in [5, 5.41) is 9.94. The van der Waals surface area contributed by atoms with Crippen molar-refractivity contribution in [2.45, 2.75) is 13.0 Å². The topological polar surface area (TPSA) is 58.9 Å². The third kappa shape index (κ3) is 2.20. The van der Waals surface area contributed by atoms with Crippen LogP contribution in [0.4, 0.5) is 4.39 Å². The molecule has 1 N–H and O–H groups in total. The number of pyridine rings is 1. The van der Waals surface area contributed by atoms with Gasteiger partial charge < -0.3 is 5.11 Å². The van der Waals surface area contributed by atoms with E-state index in [0.717, 1.165) is 6.20 Å². The molecule has 0 aliphatic heterocycles. The van der Waals surface area contributed by atoms with E-state index in [9.17, 15) is 9.50 Å². The second-order valence-corrected chi connectivity index (χ2v) is 3.37. The predicted molar refractivity (Wildman–Crippen MR) is 55.0 cm³/mol. The van der Waals surface area contributed by atoms with Gasteiger partial charge in [-0.2, -0.15) is 0 Å². The first kappa shape index (κ1) is 10.6. The van der Waals surface area contributed by atoms with Crippen molar-refractivity contribution < 1.29 is 9.50 Å². The Morgan fingerprint density at radius 3 is 2.88 bits per heavy atom. The van der Waals surface area contributed by atoms with E-state index in [1.54, 1.807) is 19.2 Å². The summed E-state index contributed by atoms with van der Waals surface area (Å²) in [6.45, 7) is 1.72. The fourth-order valence-electron chi connectivity index (χ4n) is 1.38. The molecule has 0 saturated heterocycles. The van der Waals surface area contributed by atoms with Crippen molar-refractivity contribution >= 4 is 0 Å². The van der Waals surface area contributed by atoms with Crippen molar-refractivity contribution in [2.24, 2.45) is 0 Å². The Bertz CT molecular complexity index is 459. The van der Waals surface area contributed by atoms with Gasteiger partial charge in [-0.15, -0.1) is 0 Å². The van der Waals surface area contributed by atoms with E-state index in [1.165, 1.54) is 12.3 Å². The highest BCUT2D eigenvalue weighted by Crippen LogP contribution is 2.19. The van der Waals surface area contributed by atoms with Crippen molar-refractivity contribution in [2.75, 3.05) is 0 Å². The van der Waals surface area contributed by atoms with Crippen LogP contribution >= 0.6 is 0 Å². The highest BCUT2D eigenvalue weighted by Gasteiger charge is 2.13. The minimum absolute atomic E-state index is 0.373. The summed E-state index contributed by atoms with van der Waals surface area (Å²) in [5.41, 5.74) is 0.804. The fraction of sp³-hybridized carbons (Fsp3) is 0.182. The Morgan fingerprint density at radius 2 is 2.19 bits per heavy atom. The van der Waals surface area contributed by atoms with Gasteiger partial charge in [-0.1, -0.05) is 0 Å². The zero-order valence-corrected chi connectivity index (χ0v) is 8.63. The van der Waals surface area contributed by atoms with Crippen LogP contribution in [0.5, 0.6) is 0 Å². The monoisotopic (exact) mass is 219 g/mol. The molecule has 1 unspecified atom stereocenters. The average Bonchev–Trinajstić information content (AvgIpc) is 2.28. The number of halogens is 1. The Kier molecular flexibility index (Phi) is 2.87. The Hall–Kier alpha value is -1.88.